The third-order valence-electron chi connectivity index (χ3n) is 4.31. The number of alkyl halides is 3. The summed E-state index contributed by atoms with van der Waals surface area (Å²) in [6.07, 6.45) is -3.16. The van der Waals surface area contributed by atoms with Crippen molar-refractivity contribution >= 4 is 0 Å². The fourth-order valence-corrected chi connectivity index (χ4v) is 3.05. The molecule has 0 heterocycles. The van der Waals surface area contributed by atoms with Gasteiger partial charge in [0.2, 0.25) is 0 Å². The predicted octanol–water partition coefficient (Wildman–Crippen LogP) is 3.91. The van der Waals surface area contributed by atoms with E-state index >= 15 is 0 Å². The highest BCUT2D eigenvalue weighted by Gasteiger charge is 2.45. The van der Waals surface area contributed by atoms with Crippen molar-refractivity contribution < 1.29 is 17.9 Å². The lowest BCUT2D eigenvalue weighted by molar-refractivity contribution is -0.184. The summed E-state index contributed by atoms with van der Waals surface area (Å²) in [5, 5.41) is 0. The number of nitrogens with two attached hydrogens (primary N) is 1. The average molecular weight is 287 g/mol. The molecule has 20 heavy (non-hydrogen) atoms. The van der Waals surface area contributed by atoms with Crippen LogP contribution in [0.3, 0.4) is 0 Å². The second-order valence-corrected chi connectivity index (χ2v) is 5.65. The van der Waals surface area contributed by atoms with E-state index in [2.05, 4.69) is 0 Å². The molecule has 0 radical (unpaired) electrons. The van der Waals surface area contributed by atoms with Gasteiger partial charge in [0.05, 0.1) is 13.0 Å². The van der Waals surface area contributed by atoms with E-state index in [1.165, 1.54) is 0 Å². The first-order valence-corrected chi connectivity index (χ1v) is 6.77. The van der Waals surface area contributed by atoms with Gasteiger partial charge in [0.25, 0.3) is 0 Å². The molecule has 112 valence electrons. The van der Waals surface area contributed by atoms with Gasteiger partial charge >= 0.3 is 6.18 Å². The van der Waals surface area contributed by atoms with Crippen molar-refractivity contribution in [2.45, 2.75) is 44.3 Å². The van der Waals surface area contributed by atoms with Gasteiger partial charge in [-0.15, -0.1) is 0 Å². The topological polar surface area (TPSA) is 35.2 Å². The Kier molecular flexibility index (Phi) is 4.00. The molecule has 2 rings (SSSR count). The molecule has 1 aromatic rings. The van der Waals surface area contributed by atoms with Crippen LogP contribution in [-0.4, -0.2) is 13.3 Å². The smallest absolute Gasteiger partial charge is 0.391 e. The van der Waals surface area contributed by atoms with Crippen LogP contribution in [0.1, 0.15) is 36.8 Å². The molecule has 0 spiro atoms. The monoisotopic (exact) mass is 287 g/mol. The number of ether oxygens (including phenoxy) is 1. The summed E-state index contributed by atoms with van der Waals surface area (Å²) < 4.78 is 43.3. The molecule has 1 aromatic carbocycles. The molecule has 0 unspecified atom stereocenters. The molecule has 1 aliphatic rings. The van der Waals surface area contributed by atoms with Crippen LogP contribution in [0, 0.1) is 12.8 Å². The lowest BCUT2D eigenvalue weighted by Crippen LogP contribution is -2.43. The van der Waals surface area contributed by atoms with Gasteiger partial charge in [-0.05, 0) is 55.9 Å². The van der Waals surface area contributed by atoms with Gasteiger partial charge in [0.15, 0.2) is 0 Å². The standard InChI is InChI=1S/C15H20F3NO/c1-10-9-12(20-2)3-4-13(10)14(19)7-5-11(6-8-14)15(16,17)18/h3-4,9,11H,5-8,19H2,1-2H3. The molecular weight excluding hydrogens is 267 g/mol. The Bertz CT molecular complexity index is 476. The van der Waals surface area contributed by atoms with E-state index in [0.717, 1.165) is 16.9 Å². The number of benzene rings is 1. The van der Waals surface area contributed by atoms with Gasteiger partial charge in [-0.2, -0.15) is 13.2 Å². The van der Waals surface area contributed by atoms with Crippen LogP contribution >= 0.6 is 0 Å². The van der Waals surface area contributed by atoms with Crippen LogP contribution in [0.4, 0.5) is 13.2 Å². The molecule has 1 fully saturated rings. The Morgan fingerprint density at radius 3 is 2.30 bits per heavy atom. The lowest BCUT2D eigenvalue weighted by Gasteiger charge is -2.39. The fraction of sp³-hybridized carbons (Fsp3) is 0.600. The first kappa shape index (κ1) is 15.2. The SMILES string of the molecule is COc1ccc(C2(N)CCC(C(F)(F)F)CC2)c(C)c1. The molecule has 5 heteroatoms. The molecule has 2 nitrogen and oxygen atoms in total. The molecule has 2 N–H and O–H groups in total. The quantitative estimate of drug-likeness (QED) is 0.895. The molecule has 0 atom stereocenters. The van der Waals surface area contributed by atoms with Crippen molar-refractivity contribution in [3.05, 3.63) is 29.3 Å². The zero-order chi connectivity index (χ0) is 15.0. The molecule has 1 aliphatic carbocycles. The predicted molar refractivity (Wildman–Crippen MR) is 71.6 cm³/mol. The van der Waals surface area contributed by atoms with Crippen LogP contribution in [0.5, 0.6) is 5.75 Å². The minimum atomic E-state index is -4.10. The van der Waals surface area contributed by atoms with Crippen molar-refractivity contribution in [2.24, 2.45) is 11.7 Å². The maximum atomic E-state index is 12.7. The zero-order valence-corrected chi connectivity index (χ0v) is 11.8. The Balaban J connectivity index is 2.17. The minimum Gasteiger partial charge on any atom is -0.497 e. The summed E-state index contributed by atoms with van der Waals surface area (Å²) in [5.74, 6) is -0.475. The molecule has 0 bridgehead atoms. The van der Waals surface area contributed by atoms with Crippen molar-refractivity contribution in [2.75, 3.05) is 7.11 Å². The van der Waals surface area contributed by atoms with Crippen molar-refractivity contribution in [1.29, 1.82) is 0 Å². The Hall–Kier alpha value is -1.23. The molecule has 0 aliphatic heterocycles. The van der Waals surface area contributed by atoms with Crippen LogP contribution in [0.15, 0.2) is 18.2 Å². The lowest BCUT2D eigenvalue weighted by atomic mass is 9.72. The van der Waals surface area contributed by atoms with E-state index in [9.17, 15) is 13.2 Å². The van der Waals surface area contributed by atoms with Crippen LogP contribution < -0.4 is 10.5 Å². The highest BCUT2D eigenvalue weighted by Crippen LogP contribution is 2.44. The minimum absolute atomic E-state index is 0.103. The summed E-state index contributed by atoms with van der Waals surface area (Å²) in [7, 11) is 1.58. The van der Waals surface area contributed by atoms with Crippen LogP contribution in [0.2, 0.25) is 0 Å². The third-order valence-corrected chi connectivity index (χ3v) is 4.31. The summed E-state index contributed by atoms with van der Waals surface area (Å²) in [4.78, 5) is 0. The number of halogens is 3. The summed E-state index contributed by atoms with van der Waals surface area (Å²) in [6.45, 7) is 1.92. The normalized spacial score (nSPS) is 27.4. The molecule has 0 amide bonds. The summed E-state index contributed by atoms with van der Waals surface area (Å²) >= 11 is 0. The second kappa shape index (κ2) is 5.28. The van der Waals surface area contributed by atoms with Gasteiger partial charge in [0, 0.05) is 5.54 Å². The highest BCUT2D eigenvalue weighted by atomic mass is 19.4. The first-order chi connectivity index (χ1) is 9.26. The molecule has 0 saturated heterocycles. The van der Waals surface area contributed by atoms with Gasteiger partial charge < -0.3 is 10.5 Å². The van der Waals surface area contributed by atoms with Crippen LogP contribution in [0.25, 0.3) is 0 Å². The van der Waals surface area contributed by atoms with Gasteiger partial charge in [-0.1, -0.05) is 6.07 Å². The molecule has 0 aromatic heterocycles. The summed E-state index contributed by atoms with van der Waals surface area (Å²) in [5.41, 5.74) is 7.61. The highest BCUT2D eigenvalue weighted by molar-refractivity contribution is 5.39. The molecule has 1 saturated carbocycles. The average Bonchev–Trinajstić information content (AvgIpc) is 2.37. The first-order valence-electron chi connectivity index (χ1n) is 6.77. The fourth-order valence-electron chi connectivity index (χ4n) is 3.05. The number of hydrogen-bond acceptors (Lipinski definition) is 2. The van der Waals surface area contributed by atoms with E-state index in [1.54, 1.807) is 7.11 Å². The Morgan fingerprint density at radius 2 is 1.85 bits per heavy atom. The third kappa shape index (κ3) is 2.92. The zero-order valence-electron chi connectivity index (χ0n) is 11.8. The van der Waals surface area contributed by atoms with Gasteiger partial charge in [-0.3, -0.25) is 0 Å². The number of rotatable bonds is 2. The van der Waals surface area contributed by atoms with E-state index in [4.69, 9.17) is 10.5 Å². The number of methoxy groups -OCH3 is 1. The number of hydrogen-bond donors (Lipinski definition) is 1. The van der Waals surface area contributed by atoms with Gasteiger partial charge in [-0.25, -0.2) is 0 Å². The van der Waals surface area contributed by atoms with Crippen molar-refractivity contribution in [3.63, 3.8) is 0 Å². The van der Waals surface area contributed by atoms with Gasteiger partial charge in [0.1, 0.15) is 5.75 Å². The Labute approximate surface area is 117 Å². The van der Waals surface area contributed by atoms with Crippen LogP contribution in [-0.2, 0) is 5.54 Å². The largest absolute Gasteiger partial charge is 0.497 e. The maximum Gasteiger partial charge on any atom is 0.391 e. The van der Waals surface area contributed by atoms with E-state index < -0.39 is 17.6 Å². The van der Waals surface area contributed by atoms with Crippen molar-refractivity contribution in [3.8, 4) is 5.75 Å². The second-order valence-electron chi connectivity index (χ2n) is 5.65. The van der Waals surface area contributed by atoms with E-state index in [0.29, 0.717) is 12.8 Å². The van der Waals surface area contributed by atoms with E-state index in [-0.39, 0.29) is 12.8 Å². The Morgan fingerprint density at radius 1 is 1.25 bits per heavy atom. The van der Waals surface area contributed by atoms with E-state index in [1.807, 2.05) is 25.1 Å². The molecular formula is C15H20F3NO. The maximum absolute atomic E-state index is 12.7. The van der Waals surface area contributed by atoms with Crippen molar-refractivity contribution in [1.82, 2.24) is 0 Å². The summed E-state index contributed by atoms with van der Waals surface area (Å²) in [6, 6.07) is 5.56. The number of aryl methyl sites for hydroxylation is 1.